The summed E-state index contributed by atoms with van der Waals surface area (Å²) < 4.78 is 23.9. The second kappa shape index (κ2) is 11.7. The van der Waals surface area contributed by atoms with E-state index >= 15 is 0 Å². The molecule has 258 valence electrons. The van der Waals surface area contributed by atoms with Gasteiger partial charge >= 0.3 is 5.97 Å². The predicted octanol–water partition coefficient (Wildman–Crippen LogP) is 4.52. The maximum atomic E-state index is 13.9. The number of aryl methyl sites for hydroxylation is 1. The first-order valence-electron chi connectivity index (χ1n) is 17.0. The van der Waals surface area contributed by atoms with Gasteiger partial charge in [0.1, 0.15) is 11.8 Å². The van der Waals surface area contributed by atoms with Gasteiger partial charge in [-0.2, -0.15) is 5.26 Å². The number of benzene rings is 3. The number of nitrogens with zero attached hydrogens (tertiary/aromatic N) is 4. The van der Waals surface area contributed by atoms with E-state index in [1.54, 1.807) is 24.3 Å². The van der Waals surface area contributed by atoms with Gasteiger partial charge in [-0.05, 0) is 63.4 Å². The fraction of sp³-hybridized carbons (Fsp3) is 0.421. The highest BCUT2D eigenvalue weighted by molar-refractivity contribution is 6.21. The lowest BCUT2D eigenvalue weighted by Gasteiger charge is -2.60. The monoisotopic (exact) mass is 678 g/mol. The number of carbonyl (C=O) groups excluding carboxylic acids is 3. The number of phenols is 1. The zero-order chi connectivity index (χ0) is 35.2. The number of fused-ring (bicyclic) bond motifs is 10. The first kappa shape index (κ1) is 32.1. The molecular formula is C38H38N4O8. The van der Waals surface area contributed by atoms with Crippen molar-refractivity contribution in [1.29, 1.82) is 5.26 Å². The summed E-state index contributed by atoms with van der Waals surface area (Å²) in [5.74, 6) is 0.437. The summed E-state index contributed by atoms with van der Waals surface area (Å²) in [6, 6.07) is 8.75. The number of carbonyl (C=O) groups is 3. The number of amides is 2. The Kier molecular flexibility index (Phi) is 7.54. The molecule has 5 atom stereocenters. The third kappa shape index (κ3) is 4.39. The van der Waals surface area contributed by atoms with Gasteiger partial charge < -0.3 is 24.1 Å². The molecule has 2 bridgehead atoms. The second-order valence-electron chi connectivity index (χ2n) is 13.7. The molecule has 3 aromatic carbocycles. The number of piperazine rings is 1. The SMILES string of the molecule is CCCC(=O)Oc1c(C)c2c(c3c1C[C@H]1[C@H]4c5c(cc(C)c(OC)c5O)C[C@@H]([C@H](C#N)N1[C@H]3CN1C(=O)c3ccccc3C1=O)N4C)OCO2. The van der Waals surface area contributed by atoms with Gasteiger partial charge in [0.15, 0.2) is 23.0 Å². The van der Waals surface area contributed by atoms with Crippen molar-refractivity contribution < 1.29 is 38.4 Å². The lowest BCUT2D eigenvalue weighted by Crippen LogP contribution is -2.68. The number of aromatic hydroxyl groups is 1. The van der Waals surface area contributed by atoms with Gasteiger partial charge in [0.2, 0.25) is 6.79 Å². The van der Waals surface area contributed by atoms with Crippen LogP contribution in [0.4, 0.5) is 0 Å². The van der Waals surface area contributed by atoms with E-state index < -0.39 is 42.0 Å². The van der Waals surface area contributed by atoms with E-state index in [2.05, 4.69) is 15.9 Å². The molecule has 1 N–H and O–H groups in total. The van der Waals surface area contributed by atoms with Crippen LogP contribution in [-0.4, -0.2) is 83.2 Å². The van der Waals surface area contributed by atoms with Gasteiger partial charge in [-0.15, -0.1) is 0 Å². The van der Waals surface area contributed by atoms with Gasteiger partial charge in [0.05, 0.1) is 36.4 Å². The van der Waals surface area contributed by atoms with Crippen molar-refractivity contribution in [3.63, 3.8) is 0 Å². The van der Waals surface area contributed by atoms with Crippen molar-refractivity contribution in [3.8, 4) is 34.8 Å². The van der Waals surface area contributed by atoms with Crippen LogP contribution in [0.3, 0.4) is 0 Å². The number of rotatable bonds is 6. The summed E-state index contributed by atoms with van der Waals surface area (Å²) in [4.78, 5) is 46.4. The molecule has 3 aromatic rings. The standard InChI is InChI=1S/C38H38N4O8/c1-6-9-28(43)50-34-19(3)35-36(49-17-48-35)30-23(34)14-25-31-29-20(12-18(2)33(47-5)32(29)44)13-24(40(31)4)26(15-39)42(25)27(30)16-41-37(45)21-10-7-8-11-22(21)38(41)46/h7-8,10-12,24-27,31,44H,6,9,13-14,16-17H2,1-5H3/t24-,25-,26-,27-,31-/m0/s1. The van der Waals surface area contributed by atoms with Crippen LogP contribution in [-0.2, 0) is 17.6 Å². The Morgan fingerprint density at radius 3 is 2.40 bits per heavy atom. The van der Waals surface area contributed by atoms with E-state index in [1.807, 2.05) is 33.9 Å². The van der Waals surface area contributed by atoms with Crippen LogP contribution in [0.5, 0.6) is 28.7 Å². The van der Waals surface area contributed by atoms with Crippen molar-refractivity contribution in [2.75, 3.05) is 27.5 Å². The molecule has 12 nitrogen and oxygen atoms in total. The number of imide groups is 1. The minimum absolute atomic E-state index is 0.0484. The van der Waals surface area contributed by atoms with Crippen molar-refractivity contribution in [2.24, 2.45) is 0 Å². The number of nitriles is 1. The summed E-state index contributed by atoms with van der Waals surface area (Å²) in [6.07, 6.45) is 1.61. The molecule has 12 heteroatoms. The van der Waals surface area contributed by atoms with Crippen molar-refractivity contribution in [2.45, 2.75) is 76.7 Å². The minimum Gasteiger partial charge on any atom is -0.504 e. The molecule has 8 rings (SSSR count). The van der Waals surface area contributed by atoms with Crippen LogP contribution in [0.15, 0.2) is 30.3 Å². The Balaban J connectivity index is 1.37. The van der Waals surface area contributed by atoms with Crippen LogP contribution in [0, 0.1) is 25.2 Å². The molecule has 0 aromatic heterocycles. The molecular weight excluding hydrogens is 640 g/mol. The zero-order valence-electron chi connectivity index (χ0n) is 28.6. The predicted molar refractivity (Wildman–Crippen MR) is 179 cm³/mol. The van der Waals surface area contributed by atoms with Gasteiger partial charge in [-0.25, -0.2) is 0 Å². The highest BCUT2D eigenvalue weighted by Gasteiger charge is 2.57. The molecule has 0 radical (unpaired) electrons. The highest BCUT2D eigenvalue weighted by Crippen LogP contribution is 2.58. The molecule has 1 fully saturated rings. The summed E-state index contributed by atoms with van der Waals surface area (Å²) >= 11 is 0. The normalized spacial score (nSPS) is 24.6. The second-order valence-corrected chi connectivity index (χ2v) is 13.7. The zero-order valence-corrected chi connectivity index (χ0v) is 28.6. The number of methoxy groups -OCH3 is 1. The third-order valence-corrected chi connectivity index (χ3v) is 11.2. The Bertz CT molecular complexity index is 2000. The molecule has 0 saturated carbocycles. The largest absolute Gasteiger partial charge is 0.504 e. The molecule has 5 aliphatic heterocycles. The smallest absolute Gasteiger partial charge is 0.311 e. The topological polar surface area (TPSA) is 142 Å². The lowest BCUT2D eigenvalue weighted by molar-refractivity contribution is -0.134. The van der Waals surface area contributed by atoms with Gasteiger partial charge in [-0.1, -0.05) is 25.1 Å². The molecule has 0 unspecified atom stereocenters. The van der Waals surface area contributed by atoms with Crippen LogP contribution in [0.1, 0.15) is 85.9 Å². The van der Waals surface area contributed by atoms with Gasteiger partial charge in [-0.3, -0.25) is 29.1 Å². The van der Waals surface area contributed by atoms with Crippen molar-refractivity contribution >= 4 is 17.8 Å². The van der Waals surface area contributed by atoms with E-state index in [4.69, 9.17) is 18.9 Å². The van der Waals surface area contributed by atoms with Crippen LogP contribution in [0.25, 0.3) is 0 Å². The molecule has 2 amide bonds. The average Bonchev–Trinajstić information content (AvgIpc) is 3.67. The van der Waals surface area contributed by atoms with E-state index in [1.165, 1.54) is 12.0 Å². The van der Waals surface area contributed by atoms with Gasteiger partial charge in [0, 0.05) is 47.3 Å². The Morgan fingerprint density at radius 1 is 1.04 bits per heavy atom. The first-order chi connectivity index (χ1) is 24.1. The average molecular weight is 679 g/mol. The lowest BCUT2D eigenvalue weighted by atomic mass is 9.71. The Morgan fingerprint density at radius 2 is 1.74 bits per heavy atom. The summed E-state index contributed by atoms with van der Waals surface area (Å²) in [6.45, 7) is 5.46. The van der Waals surface area contributed by atoms with Crippen molar-refractivity contribution in [1.82, 2.24) is 14.7 Å². The number of hydrogen-bond donors (Lipinski definition) is 1. The summed E-state index contributed by atoms with van der Waals surface area (Å²) in [7, 11) is 3.49. The van der Waals surface area contributed by atoms with E-state index in [0.717, 1.165) is 11.1 Å². The fourth-order valence-corrected chi connectivity index (χ4v) is 9.09. The summed E-state index contributed by atoms with van der Waals surface area (Å²) in [5.41, 5.74) is 5.01. The number of esters is 1. The van der Waals surface area contributed by atoms with E-state index in [0.29, 0.717) is 75.6 Å². The molecule has 0 aliphatic carbocycles. The van der Waals surface area contributed by atoms with Crippen LogP contribution >= 0.6 is 0 Å². The van der Waals surface area contributed by atoms with Crippen molar-refractivity contribution in [3.05, 3.63) is 74.8 Å². The number of ether oxygens (including phenoxy) is 4. The van der Waals surface area contributed by atoms with E-state index in [9.17, 15) is 24.8 Å². The summed E-state index contributed by atoms with van der Waals surface area (Å²) in [5, 5.41) is 22.8. The van der Waals surface area contributed by atoms with E-state index in [-0.39, 0.29) is 31.5 Å². The quantitative estimate of drug-likeness (QED) is 0.224. The van der Waals surface area contributed by atoms with Gasteiger partial charge in [0.25, 0.3) is 11.8 Å². The van der Waals surface area contributed by atoms with Crippen LogP contribution in [0.2, 0.25) is 0 Å². The van der Waals surface area contributed by atoms with Crippen LogP contribution < -0.4 is 18.9 Å². The maximum absolute atomic E-state index is 13.9. The number of phenolic OH excluding ortho intramolecular Hbond substituents is 1. The number of hydrogen-bond acceptors (Lipinski definition) is 11. The molecule has 50 heavy (non-hydrogen) atoms. The minimum atomic E-state index is -0.745. The highest BCUT2D eigenvalue weighted by atomic mass is 16.7. The Labute approximate surface area is 289 Å². The molecule has 5 heterocycles. The first-order valence-corrected chi connectivity index (χ1v) is 17.0. The molecule has 1 saturated heterocycles. The Hall–Kier alpha value is -5.12. The number of likely N-dealkylation sites (N-methyl/N-ethyl adjacent to an activating group) is 1. The fourth-order valence-electron chi connectivity index (χ4n) is 9.09. The molecule has 5 aliphatic rings. The molecule has 0 spiro atoms. The third-order valence-electron chi connectivity index (χ3n) is 11.2. The maximum Gasteiger partial charge on any atom is 0.311 e.